The highest BCUT2D eigenvalue weighted by molar-refractivity contribution is 7.15. The van der Waals surface area contributed by atoms with E-state index in [0.717, 1.165) is 11.3 Å². The topological polar surface area (TPSA) is 60.5 Å². The van der Waals surface area contributed by atoms with Gasteiger partial charge in [0.15, 0.2) is 5.13 Å². The van der Waals surface area contributed by atoms with Crippen LogP contribution >= 0.6 is 11.3 Å². The summed E-state index contributed by atoms with van der Waals surface area (Å²) in [6.07, 6.45) is 2.58. The van der Waals surface area contributed by atoms with Crippen LogP contribution in [0.4, 0.5) is 5.13 Å². The Morgan fingerprint density at radius 2 is 1.88 bits per heavy atom. The number of rotatable bonds is 6. The third-order valence-electron chi connectivity index (χ3n) is 3.92. The van der Waals surface area contributed by atoms with E-state index in [1.165, 1.54) is 29.6 Å². The zero-order valence-corrected chi connectivity index (χ0v) is 15.7. The van der Waals surface area contributed by atoms with Crippen LogP contribution in [-0.2, 0) is 6.42 Å². The summed E-state index contributed by atoms with van der Waals surface area (Å²) in [4.78, 5) is 18.0. The van der Waals surface area contributed by atoms with Crippen molar-refractivity contribution in [2.45, 2.75) is 13.3 Å². The number of ether oxygens (including phenoxy) is 2. The minimum atomic E-state index is -0.281. The molecule has 3 aromatic rings. The first-order valence-electron chi connectivity index (χ1n) is 8.12. The molecule has 0 aliphatic heterocycles. The maximum absolute atomic E-state index is 12.6. The summed E-state index contributed by atoms with van der Waals surface area (Å²) in [6, 6.07) is 13.5. The van der Waals surface area contributed by atoms with Gasteiger partial charge in [-0.25, -0.2) is 4.98 Å². The molecule has 5 nitrogen and oxygen atoms in total. The first kappa shape index (κ1) is 17.9. The fourth-order valence-electron chi connectivity index (χ4n) is 2.51. The van der Waals surface area contributed by atoms with Crippen molar-refractivity contribution in [2.24, 2.45) is 0 Å². The van der Waals surface area contributed by atoms with Gasteiger partial charge < -0.3 is 9.47 Å². The van der Waals surface area contributed by atoms with E-state index in [9.17, 15) is 4.79 Å². The summed E-state index contributed by atoms with van der Waals surface area (Å²) in [5.74, 6) is 0.798. The van der Waals surface area contributed by atoms with Gasteiger partial charge in [0.25, 0.3) is 5.91 Å². The van der Waals surface area contributed by atoms with Crippen LogP contribution in [-0.4, -0.2) is 25.1 Å². The molecule has 1 heterocycles. The first-order valence-corrected chi connectivity index (χ1v) is 8.94. The monoisotopic (exact) mass is 368 g/mol. The lowest BCUT2D eigenvalue weighted by Gasteiger charge is -2.09. The fraction of sp³-hybridized carbons (Fsp3) is 0.200. The van der Waals surface area contributed by atoms with Crippen LogP contribution < -0.4 is 14.8 Å². The number of amides is 1. The summed E-state index contributed by atoms with van der Waals surface area (Å²) in [5.41, 5.74) is 2.85. The van der Waals surface area contributed by atoms with E-state index in [1.54, 1.807) is 31.5 Å². The van der Waals surface area contributed by atoms with E-state index < -0.39 is 0 Å². The van der Waals surface area contributed by atoms with Crippen molar-refractivity contribution in [3.05, 3.63) is 70.2 Å². The van der Waals surface area contributed by atoms with Crippen molar-refractivity contribution in [1.29, 1.82) is 0 Å². The summed E-state index contributed by atoms with van der Waals surface area (Å²) < 4.78 is 10.4. The van der Waals surface area contributed by atoms with E-state index >= 15 is 0 Å². The Bertz CT molecular complexity index is 904. The number of carbonyl (C=O) groups excluding carboxylic acids is 1. The minimum Gasteiger partial charge on any atom is -0.497 e. The second-order valence-electron chi connectivity index (χ2n) is 5.81. The molecule has 0 aliphatic carbocycles. The number of anilines is 1. The van der Waals surface area contributed by atoms with Gasteiger partial charge >= 0.3 is 0 Å². The van der Waals surface area contributed by atoms with Gasteiger partial charge in [-0.05, 0) is 30.7 Å². The highest BCUT2D eigenvalue weighted by Crippen LogP contribution is 2.26. The van der Waals surface area contributed by atoms with Gasteiger partial charge in [-0.2, -0.15) is 0 Å². The number of methoxy groups -OCH3 is 2. The molecule has 26 heavy (non-hydrogen) atoms. The second-order valence-corrected chi connectivity index (χ2v) is 6.93. The number of carbonyl (C=O) groups is 1. The van der Waals surface area contributed by atoms with Crippen molar-refractivity contribution in [3.63, 3.8) is 0 Å². The normalized spacial score (nSPS) is 10.4. The molecule has 134 valence electrons. The Balaban J connectivity index is 1.72. The molecule has 0 saturated heterocycles. The van der Waals surface area contributed by atoms with Gasteiger partial charge in [-0.3, -0.25) is 10.1 Å². The summed E-state index contributed by atoms with van der Waals surface area (Å²) >= 11 is 1.46. The largest absolute Gasteiger partial charge is 0.497 e. The zero-order valence-electron chi connectivity index (χ0n) is 14.9. The van der Waals surface area contributed by atoms with Crippen LogP contribution in [0, 0.1) is 6.92 Å². The van der Waals surface area contributed by atoms with Crippen LogP contribution in [0.25, 0.3) is 0 Å². The van der Waals surface area contributed by atoms with Gasteiger partial charge in [0.1, 0.15) is 11.5 Å². The first-order chi connectivity index (χ1) is 12.6. The molecule has 0 spiro atoms. The lowest BCUT2D eigenvalue weighted by molar-refractivity contribution is 0.102. The Labute approximate surface area is 156 Å². The Kier molecular flexibility index (Phi) is 5.53. The smallest absolute Gasteiger partial charge is 0.261 e. The quantitative estimate of drug-likeness (QED) is 0.704. The van der Waals surface area contributed by atoms with E-state index in [1.807, 2.05) is 0 Å². The zero-order chi connectivity index (χ0) is 18.5. The fourth-order valence-corrected chi connectivity index (χ4v) is 3.35. The van der Waals surface area contributed by atoms with Crippen LogP contribution in [0.2, 0.25) is 0 Å². The van der Waals surface area contributed by atoms with Crippen molar-refractivity contribution in [2.75, 3.05) is 19.5 Å². The van der Waals surface area contributed by atoms with Gasteiger partial charge in [0.2, 0.25) is 0 Å². The Morgan fingerprint density at radius 1 is 1.12 bits per heavy atom. The number of aryl methyl sites for hydroxylation is 1. The number of benzene rings is 2. The maximum Gasteiger partial charge on any atom is 0.261 e. The average Bonchev–Trinajstić information content (AvgIpc) is 3.09. The SMILES string of the molecule is COc1ccc(OC)c(C(=O)Nc2ncc(Cc3ccc(C)cc3)s2)c1. The molecular formula is C20H20N2O3S. The highest BCUT2D eigenvalue weighted by atomic mass is 32.1. The molecule has 0 bridgehead atoms. The van der Waals surface area contributed by atoms with E-state index in [0.29, 0.717) is 22.2 Å². The summed E-state index contributed by atoms with van der Waals surface area (Å²) in [7, 11) is 3.09. The van der Waals surface area contributed by atoms with Crippen molar-refractivity contribution in [1.82, 2.24) is 4.98 Å². The van der Waals surface area contributed by atoms with E-state index in [4.69, 9.17) is 9.47 Å². The van der Waals surface area contributed by atoms with Gasteiger partial charge in [-0.15, -0.1) is 11.3 Å². The molecule has 0 radical (unpaired) electrons. The molecule has 1 aromatic heterocycles. The molecule has 0 aliphatic rings. The lowest BCUT2D eigenvalue weighted by atomic mass is 10.1. The van der Waals surface area contributed by atoms with Crippen molar-refractivity contribution < 1.29 is 14.3 Å². The lowest BCUT2D eigenvalue weighted by Crippen LogP contribution is -2.13. The number of hydrogen-bond acceptors (Lipinski definition) is 5. The van der Waals surface area contributed by atoms with Crippen LogP contribution in [0.1, 0.15) is 26.4 Å². The predicted molar refractivity (Wildman–Crippen MR) is 104 cm³/mol. The third-order valence-corrected chi connectivity index (χ3v) is 4.84. The van der Waals surface area contributed by atoms with Gasteiger partial charge in [0, 0.05) is 17.5 Å². The molecule has 1 N–H and O–H groups in total. The molecular weight excluding hydrogens is 348 g/mol. The molecule has 0 saturated carbocycles. The number of thiazole rings is 1. The van der Waals surface area contributed by atoms with Crippen molar-refractivity contribution >= 4 is 22.4 Å². The maximum atomic E-state index is 12.6. The van der Waals surface area contributed by atoms with Crippen LogP contribution in [0.15, 0.2) is 48.7 Å². The molecule has 6 heteroatoms. The summed E-state index contributed by atoms with van der Waals surface area (Å²) in [5, 5.41) is 3.39. The van der Waals surface area contributed by atoms with Crippen LogP contribution in [0.5, 0.6) is 11.5 Å². The standard InChI is InChI=1S/C20H20N2O3S/c1-13-4-6-14(7-5-13)10-16-12-21-20(26-16)22-19(23)17-11-15(24-2)8-9-18(17)25-3/h4-9,11-12H,10H2,1-3H3,(H,21,22,23). The number of aromatic nitrogens is 1. The second kappa shape index (κ2) is 8.01. The van der Waals surface area contributed by atoms with Gasteiger partial charge in [-0.1, -0.05) is 29.8 Å². The number of nitrogens with zero attached hydrogens (tertiary/aromatic N) is 1. The molecule has 2 aromatic carbocycles. The molecule has 3 rings (SSSR count). The third kappa shape index (κ3) is 4.21. The summed E-state index contributed by atoms with van der Waals surface area (Å²) in [6.45, 7) is 2.07. The number of nitrogens with one attached hydrogen (secondary N) is 1. The van der Waals surface area contributed by atoms with Crippen molar-refractivity contribution in [3.8, 4) is 11.5 Å². The van der Waals surface area contributed by atoms with Gasteiger partial charge in [0.05, 0.1) is 19.8 Å². The number of hydrogen-bond donors (Lipinski definition) is 1. The molecule has 0 fully saturated rings. The predicted octanol–water partition coefficient (Wildman–Crippen LogP) is 4.31. The van der Waals surface area contributed by atoms with Crippen LogP contribution in [0.3, 0.4) is 0 Å². The molecule has 0 atom stereocenters. The molecule has 1 amide bonds. The Hall–Kier alpha value is -2.86. The van der Waals surface area contributed by atoms with E-state index in [-0.39, 0.29) is 5.91 Å². The molecule has 0 unspecified atom stereocenters. The Morgan fingerprint density at radius 3 is 2.58 bits per heavy atom. The minimum absolute atomic E-state index is 0.281. The average molecular weight is 368 g/mol. The van der Waals surface area contributed by atoms with E-state index in [2.05, 4.69) is 41.5 Å². The highest BCUT2D eigenvalue weighted by Gasteiger charge is 2.15.